The molecule has 8 heteroatoms. The lowest BCUT2D eigenvalue weighted by molar-refractivity contribution is -0.137. The van der Waals surface area contributed by atoms with E-state index in [0.29, 0.717) is 0 Å². The molecule has 2 rings (SSSR count). The van der Waals surface area contributed by atoms with Crippen LogP contribution in [0.4, 0.5) is 13.2 Å². The Bertz CT molecular complexity index is 670. The van der Waals surface area contributed by atoms with E-state index < -0.39 is 23.6 Å². The molecule has 2 aromatic rings. The zero-order valence-corrected chi connectivity index (χ0v) is 11.0. The van der Waals surface area contributed by atoms with Gasteiger partial charge in [-0.2, -0.15) is 13.2 Å². The van der Waals surface area contributed by atoms with Gasteiger partial charge in [0.15, 0.2) is 0 Å². The Morgan fingerprint density at radius 3 is 2.09 bits per heavy atom. The maximum absolute atomic E-state index is 12.4. The minimum atomic E-state index is -4.47. The Morgan fingerprint density at radius 2 is 1.55 bits per heavy atom. The lowest BCUT2D eigenvalue weighted by atomic mass is 10.1. The van der Waals surface area contributed by atoms with Crippen molar-refractivity contribution >= 4 is 11.8 Å². The largest absolute Gasteiger partial charge is 0.416 e. The van der Waals surface area contributed by atoms with Crippen LogP contribution in [0.3, 0.4) is 0 Å². The van der Waals surface area contributed by atoms with E-state index in [1.165, 1.54) is 12.3 Å². The molecule has 0 bridgehead atoms. The highest BCUT2D eigenvalue weighted by molar-refractivity contribution is 5.98. The van der Waals surface area contributed by atoms with E-state index in [2.05, 4.69) is 15.8 Å². The molecule has 2 N–H and O–H groups in total. The zero-order chi connectivity index (χ0) is 16.2. The number of alkyl halides is 3. The first-order chi connectivity index (χ1) is 10.4. The van der Waals surface area contributed by atoms with Gasteiger partial charge in [-0.15, -0.1) is 0 Å². The first kappa shape index (κ1) is 15.5. The number of amides is 2. The van der Waals surface area contributed by atoms with Crippen LogP contribution in [0.1, 0.15) is 26.4 Å². The number of benzene rings is 1. The van der Waals surface area contributed by atoms with E-state index in [4.69, 9.17) is 0 Å². The first-order valence-electron chi connectivity index (χ1n) is 6.07. The predicted octanol–water partition coefficient (Wildman–Crippen LogP) is 2.18. The average Bonchev–Trinajstić information content (AvgIpc) is 2.52. The number of aromatic nitrogens is 1. The smallest absolute Gasteiger partial charge is 0.267 e. The van der Waals surface area contributed by atoms with Crippen LogP contribution >= 0.6 is 0 Å². The summed E-state index contributed by atoms with van der Waals surface area (Å²) >= 11 is 0. The molecule has 0 spiro atoms. The molecule has 1 aromatic heterocycles. The number of hydrogen-bond donors (Lipinski definition) is 2. The van der Waals surface area contributed by atoms with E-state index in [9.17, 15) is 22.8 Å². The number of halogens is 3. The van der Waals surface area contributed by atoms with Crippen LogP contribution in [-0.2, 0) is 6.18 Å². The molecule has 0 saturated heterocycles. The third-order valence-electron chi connectivity index (χ3n) is 2.66. The highest BCUT2D eigenvalue weighted by Crippen LogP contribution is 2.28. The van der Waals surface area contributed by atoms with E-state index in [-0.39, 0.29) is 11.3 Å². The van der Waals surface area contributed by atoms with Crippen molar-refractivity contribution in [3.8, 4) is 0 Å². The standard InChI is InChI=1S/C14H10F3N3O2/c15-14(16,17)10-6-4-9(5-7-10)12(21)19-20-13(22)11-3-1-2-8-18-11/h1-8H,(H,19,21)(H,20,22). The first-order valence-corrected chi connectivity index (χ1v) is 6.07. The van der Waals surface area contributed by atoms with Gasteiger partial charge in [0.05, 0.1) is 5.56 Å². The maximum atomic E-state index is 12.4. The Balaban J connectivity index is 1.97. The summed E-state index contributed by atoms with van der Waals surface area (Å²) in [6.07, 6.45) is -3.06. The molecule has 0 radical (unpaired) electrons. The second kappa shape index (κ2) is 6.25. The van der Waals surface area contributed by atoms with Crippen LogP contribution in [0, 0.1) is 0 Å². The topological polar surface area (TPSA) is 71.1 Å². The fourth-order valence-electron chi connectivity index (χ4n) is 1.56. The summed E-state index contributed by atoms with van der Waals surface area (Å²) in [5.41, 5.74) is 3.43. The molecule has 0 unspecified atom stereocenters. The molecule has 0 aliphatic heterocycles. The lowest BCUT2D eigenvalue weighted by Gasteiger charge is -2.09. The van der Waals surface area contributed by atoms with Crippen molar-refractivity contribution in [1.82, 2.24) is 15.8 Å². The van der Waals surface area contributed by atoms with E-state index in [0.717, 1.165) is 24.3 Å². The Labute approximate surface area is 123 Å². The number of pyridine rings is 1. The highest BCUT2D eigenvalue weighted by atomic mass is 19.4. The number of nitrogens with zero attached hydrogens (tertiary/aromatic N) is 1. The SMILES string of the molecule is O=C(NNC(=O)c1ccccn1)c1ccc(C(F)(F)F)cc1. The lowest BCUT2D eigenvalue weighted by Crippen LogP contribution is -2.41. The third kappa shape index (κ3) is 3.81. The molecule has 0 atom stereocenters. The van der Waals surface area contributed by atoms with Crippen molar-refractivity contribution < 1.29 is 22.8 Å². The minimum absolute atomic E-state index is 0.0191. The number of hydrazine groups is 1. The Hall–Kier alpha value is -2.90. The number of carbonyl (C=O) groups is 2. The molecular weight excluding hydrogens is 299 g/mol. The number of carbonyl (C=O) groups excluding carboxylic acids is 2. The average molecular weight is 309 g/mol. The minimum Gasteiger partial charge on any atom is -0.267 e. The van der Waals surface area contributed by atoms with Crippen LogP contribution in [0.15, 0.2) is 48.7 Å². The molecule has 1 heterocycles. The second-order valence-electron chi connectivity index (χ2n) is 4.20. The summed E-state index contributed by atoms with van der Waals surface area (Å²) < 4.78 is 37.2. The fraction of sp³-hybridized carbons (Fsp3) is 0.0714. The summed E-state index contributed by atoms with van der Waals surface area (Å²) in [5.74, 6) is -1.38. The van der Waals surface area contributed by atoms with Gasteiger partial charge in [-0.25, -0.2) is 0 Å². The van der Waals surface area contributed by atoms with Crippen molar-refractivity contribution in [2.75, 3.05) is 0 Å². The summed E-state index contributed by atoms with van der Waals surface area (Å²) in [5, 5.41) is 0. The van der Waals surface area contributed by atoms with Gasteiger partial charge in [-0.3, -0.25) is 25.4 Å². The summed E-state index contributed by atoms with van der Waals surface area (Å²) in [4.78, 5) is 27.1. The molecule has 114 valence electrons. The second-order valence-corrected chi connectivity index (χ2v) is 4.20. The van der Waals surface area contributed by atoms with Gasteiger partial charge in [0.25, 0.3) is 11.8 Å². The van der Waals surface area contributed by atoms with Crippen LogP contribution in [0.2, 0.25) is 0 Å². The Morgan fingerprint density at radius 1 is 0.909 bits per heavy atom. The molecule has 0 fully saturated rings. The fourth-order valence-corrected chi connectivity index (χ4v) is 1.56. The van der Waals surface area contributed by atoms with E-state index in [1.54, 1.807) is 12.1 Å². The third-order valence-corrected chi connectivity index (χ3v) is 2.66. The maximum Gasteiger partial charge on any atom is 0.416 e. The number of hydrogen-bond acceptors (Lipinski definition) is 3. The van der Waals surface area contributed by atoms with Crippen molar-refractivity contribution in [1.29, 1.82) is 0 Å². The van der Waals surface area contributed by atoms with Gasteiger partial charge in [0.2, 0.25) is 0 Å². The monoisotopic (exact) mass is 309 g/mol. The van der Waals surface area contributed by atoms with Gasteiger partial charge < -0.3 is 0 Å². The molecule has 2 amide bonds. The van der Waals surface area contributed by atoms with Gasteiger partial charge in [0.1, 0.15) is 5.69 Å². The molecule has 1 aromatic carbocycles. The van der Waals surface area contributed by atoms with Crippen molar-refractivity contribution in [3.05, 3.63) is 65.5 Å². The van der Waals surface area contributed by atoms with Gasteiger partial charge in [0, 0.05) is 11.8 Å². The zero-order valence-electron chi connectivity index (χ0n) is 11.0. The van der Waals surface area contributed by atoms with Crippen LogP contribution in [-0.4, -0.2) is 16.8 Å². The van der Waals surface area contributed by atoms with E-state index >= 15 is 0 Å². The Kier molecular flexibility index (Phi) is 4.40. The van der Waals surface area contributed by atoms with Crippen molar-refractivity contribution in [2.45, 2.75) is 6.18 Å². The normalized spacial score (nSPS) is 10.9. The molecule has 5 nitrogen and oxygen atoms in total. The molecule has 0 aliphatic rings. The number of rotatable bonds is 2. The summed E-state index contributed by atoms with van der Waals surface area (Å²) in [6.45, 7) is 0. The molecule has 22 heavy (non-hydrogen) atoms. The van der Waals surface area contributed by atoms with Gasteiger partial charge >= 0.3 is 6.18 Å². The van der Waals surface area contributed by atoms with Crippen molar-refractivity contribution in [3.63, 3.8) is 0 Å². The van der Waals surface area contributed by atoms with Crippen LogP contribution < -0.4 is 10.9 Å². The highest BCUT2D eigenvalue weighted by Gasteiger charge is 2.30. The summed E-state index contributed by atoms with van der Waals surface area (Å²) in [6, 6.07) is 8.28. The van der Waals surface area contributed by atoms with Crippen LogP contribution in [0.5, 0.6) is 0 Å². The van der Waals surface area contributed by atoms with Gasteiger partial charge in [-0.05, 0) is 36.4 Å². The predicted molar refractivity (Wildman–Crippen MR) is 70.6 cm³/mol. The molecule has 0 saturated carbocycles. The van der Waals surface area contributed by atoms with E-state index in [1.807, 2.05) is 0 Å². The number of nitrogens with one attached hydrogen (secondary N) is 2. The van der Waals surface area contributed by atoms with Gasteiger partial charge in [-0.1, -0.05) is 6.07 Å². The van der Waals surface area contributed by atoms with Crippen molar-refractivity contribution in [2.24, 2.45) is 0 Å². The quantitative estimate of drug-likeness (QED) is 0.835. The molecule has 0 aliphatic carbocycles. The van der Waals surface area contributed by atoms with Crippen LogP contribution in [0.25, 0.3) is 0 Å². The summed E-state index contributed by atoms with van der Waals surface area (Å²) in [7, 11) is 0. The molecular formula is C14H10F3N3O2.